The van der Waals surface area contributed by atoms with Crippen LogP contribution in [0.4, 0.5) is 0 Å². The molecular formula is C14H21N3O5. The number of hydrogen-bond acceptors (Lipinski definition) is 5. The summed E-state index contributed by atoms with van der Waals surface area (Å²) in [6, 6.07) is 0. The smallest absolute Gasteiger partial charge is 0.352 e. The number of nitrogens with one attached hydrogen (secondary N) is 1. The SMILES string of the molecule is CC(C)Cn1c(=O)[nH]c(C(=O)O)c(CN2CCOCC2)c1=O. The number of ether oxygens (including phenoxy) is 1. The summed E-state index contributed by atoms with van der Waals surface area (Å²) in [5.74, 6) is -1.19. The molecule has 2 N–H and O–H groups in total. The first-order valence-corrected chi connectivity index (χ1v) is 7.29. The molecule has 1 saturated heterocycles. The molecular weight excluding hydrogens is 290 g/mol. The van der Waals surface area contributed by atoms with E-state index < -0.39 is 17.2 Å². The van der Waals surface area contributed by atoms with Gasteiger partial charge in [-0.05, 0) is 5.92 Å². The second-order valence-corrected chi connectivity index (χ2v) is 5.79. The van der Waals surface area contributed by atoms with Crippen molar-refractivity contribution in [3.05, 3.63) is 32.1 Å². The highest BCUT2D eigenvalue weighted by molar-refractivity contribution is 5.86. The van der Waals surface area contributed by atoms with Crippen LogP contribution in [-0.2, 0) is 17.8 Å². The van der Waals surface area contributed by atoms with E-state index in [1.807, 2.05) is 18.7 Å². The molecule has 2 heterocycles. The number of morpholine rings is 1. The van der Waals surface area contributed by atoms with Crippen molar-refractivity contribution >= 4 is 5.97 Å². The summed E-state index contributed by atoms with van der Waals surface area (Å²) in [6.45, 7) is 6.57. The first kappa shape index (κ1) is 16.4. The molecule has 0 bridgehead atoms. The molecule has 22 heavy (non-hydrogen) atoms. The predicted molar refractivity (Wildman–Crippen MR) is 79.2 cm³/mol. The molecule has 0 saturated carbocycles. The Morgan fingerprint density at radius 2 is 1.95 bits per heavy atom. The Balaban J connectivity index is 2.45. The number of carboxylic acids is 1. The summed E-state index contributed by atoms with van der Waals surface area (Å²) in [6.07, 6.45) is 0. The van der Waals surface area contributed by atoms with Crippen molar-refractivity contribution < 1.29 is 14.6 Å². The minimum absolute atomic E-state index is 0.103. The van der Waals surface area contributed by atoms with Crippen LogP contribution in [0.25, 0.3) is 0 Å². The van der Waals surface area contributed by atoms with Gasteiger partial charge in [-0.15, -0.1) is 0 Å². The van der Waals surface area contributed by atoms with Crippen LogP contribution in [0.2, 0.25) is 0 Å². The average molecular weight is 311 g/mol. The van der Waals surface area contributed by atoms with Gasteiger partial charge in [-0.25, -0.2) is 9.59 Å². The molecule has 0 aromatic carbocycles. The maximum atomic E-state index is 12.5. The Morgan fingerprint density at radius 3 is 2.50 bits per heavy atom. The zero-order chi connectivity index (χ0) is 16.3. The van der Waals surface area contributed by atoms with Crippen molar-refractivity contribution in [3.8, 4) is 0 Å². The van der Waals surface area contributed by atoms with E-state index in [1.165, 1.54) is 0 Å². The lowest BCUT2D eigenvalue weighted by Gasteiger charge is -2.26. The van der Waals surface area contributed by atoms with Gasteiger partial charge in [-0.1, -0.05) is 13.8 Å². The van der Waals surface area contributed by atoms with Crippen LogP contribution < -0.4 is 11.2 Å². The molecule has 1 aliphatic heterocycles. The van der Waals surface area contributed by atoms with E-state index in [0.29, 0.717) is 26.3 Å². The van der Waals surface area contributed by atoms with Gasteiger partial charge in [0, 0.05) is 26.2 Å². The summed E-state index contributed by atoms with van der Waals surface area (Å²) >= 11 is 0. The second kappa shape index (κ2) is 6.89. The lowest BCUT2D eigenvalue weighted by Crippen LogP contribution is -2.44. The van der Waals surface area contributed by atoms with E-state index in [0.717, 1.165) is 4.57 Å². The number of carbonyl (C=O) groups is 1. The molecule has 8 nitrogen and oxygen atoms in total. The van der Waals surface area contributed by atoms with Gasteiger partial charge in [0.25, 0.3) is 5.56 Å². The van der Waals surface area contributed by atoms with Crippen molar-refractivity contribution in [1.29, 1.82) is 0 Å². The van der Waals surface area contributed by atoms with Gasteiger partial charge in [-0.3, -0.25) is 14.3 Å². The molecule has 1 aliphatic rings. The number of hydrogen-bond donors (Lipinski definition) is 2. The highest BCUT2D eigenvalue weighted by atomic mass is 16.5. The first-order valence-electron chi connectivity index (χ1n) is 7.29. The number of rotatable bonds is 5. The fraction of sp³-hybridized carbons (Fsp3) is 0.643. The van der Waals surface area contributed by atoms with Gasteiger partial charge in [0.05, 0.1) is 18.8 Å². The summed E-state index contributed by atoms with van der Waals surface area (Å²) in [5.41, 5.74) is -1.40. The Bertz CT molecular complexity index is 655. The summed E-state index contributed by atoms with van der Waals surface area (Å²) in [4.78, 5) is 40.1. The lowest BCUT2D eigenvalue weighted by molar-refractivity contribution is 0.0335. The first-order chi connectivity index (χ1) is 10.4. The largest absolute Gasteiger partial charge is 0.477 e. The highest BCUT2D eigenvalue weighted by Gasteiger charge is 2.22. The van der Waals surface area contributed by atoms with E-state index in [1.54, 1.807) is 0 Å². The molecule has 1 aromatic heterocycles. The van der Waals surface area contributed by atoms with Gasteiger partial charge < -0.3 is 14.8 Å². The van der Waals surface area contributed by atoms with Gasteiger partial charge in [-0.2, -0.15) is 0 Å². The second-order valence-electron chi connectivity index (χ2n) is 5.79. The molecule has 0 spiro atoms. The molecule has 0 aliphatic carbocycles. The predicted octanol–water partition coefficient (Wildman–Crippen LogP) is -0.277. The number of carboxylic acid groups (broad SMARTS) is 1. The number of nitrogens with zero attached hydrogens (tertiary/aromatic N) is 2. The van der Waals surface area contributed by atoms with Crippen molar-refractivity contribution in [2.24, 2.45) is 5.92 Å². The van der Waals surface area contributed by atoms with Crippen LogP contribution in [0.3, 0.4) is 0 Å². The van der Waals surface area contributed by atoms with E-state index in [-0.39, 0.29) is 30.3 Å². The zero-order valence-electron chi connectivity index (χ0n) is 12.8. The molecule has 0 atom stereocenters. The monoisotopic (exact) mass is 311 g/mol. The zero-order valence-corrected chi connectivity index (χ0v) is 12.8. The molecule has 0 amide bonds. The van der Waals surface area contributed by atoms with Gasteiger partial charge in [0.15, 0.2) is 0 Å². The minimum Gasteiger partial charge on any atom is -0.477 e. The molecule has 2 rings (SSSR count). The molecule has 0 radical (unpaired) electrons. The standard InChI is InChI=1S/C14H21N3O5/c1-9(2)7-17-12(18)10(8-16-3-5-22-6-4-16)11(13(19)20)15-14(17)21/h9H,3-8H2,1-2H3,(H,15,21)(H,19,20). The van der Waals surface area contributed by atoms with Gasteiger partial charge in [0.1, 0.15) is 5.69 Å². The van der Waals surface area contributed by atoms with E-state index in [9.17, 15) is 19.5 Å². The number of H-pyrrole nitrogens is 1. The Hall–Kier alpha value is -1.93. The maximum Gasteiger partial charge on any atom is 0.352 e. The average Bonchev–Trinajstić information content (AvgIpc) is 2.46. The maximum absolute atomic E-state index is 12.5. The van der Waals surface area contributed by atoms with Crippen LogP contribution in [0.5, 0.6) is 0 Å². The van der Waals surface area contributed by atoms with Crippen LogP contribution in [0, 0.1) is 5.92 Å². The summed E-state index contributed by atoms with van der Waals surface area (Å²) < 4.78 is 6.32. The fourth-order valence-corrected chi connectivity index (χ4v) is 2.46. The van der Waals surface area contributed by atoms with Crippen LogP contribution in [0.1, 0.15) is 29.9 Å². The third-order valence-corrected chi connectivity index (χ3v) is 3.53. The third kappa shape index (κ3) is 3.63. The quantitative estimate of drug-likeness (QED) is 0.775. The fourth-order valence-electron chi connectivity index (χ4n) is 2.46. The van der Waals surface area contributed by atoms with Crippen LogP contribution in [-0.4, -0.2) is 51.8 Å². The number of aromatic nitrogens is 2. The number of aromatic amines is 1. The summed E-state index contributed by atoms with van der Waals surface area (Å²) in [7, 11) is 0. The van der Waals surface area contributed by atoms with Crippen molar-refractivity contribution in [1.82, 2.24) is 14.5 Å². The highest BCUT2D eigenvalue weighted by Crippen LogP contribution is 2.07. The summed E-state index contributed by atoms with van der Waals surface area (Å²) in [5, 5.41) is 9.26. The Kier molecular flexibility index (Phi) is 5.15. The molecule has 1 fully saturated rings. The normalized spacial score (nSPS) is 16.1. The van der Waals surface area contributed by atoms with Crippen molar-refractivity contribution in [2.75, 3.05) is 26.3 Å². The molecule has 1 aromatic rings. The molecule has 8 heteroatoms. The van der Waals surface area contributed by atoms with E-state index >= 15 is 0 Å². The van der Waals surface area contributed by atoms with Crippen LogP contribution in [0.15, 0.2) is 9.59 Å². The molecule has 122 valence electrons. The lowest BCUT2D eigenvalue weighted by atomic mass is 10.1. The Labute approximate surface area is 127 Å². The van der Waals surface area contributed by atoms with Gasteiger partial charge in [0.2, 0.25) is 0 Å². The number of aromatic carboxylic acids is 1. The van der Waals surface area contributed by atoms with Crippen molar-refractivity contribution in [2.45, 2.75) is 26.9 Å². The topological polar surface area (TPSA) is 105 Å². The minimum atomic E-state index is -1.30. The van der Waals surface area contributed by atoms with Crippen molar-refractivity contribution in [3.63, 3.8) is 0 Å². The van der Waals surface area contributed by atoms with E-state index in [2.05, 4.69) is 4.98 Å². The molecule has 0 unspecified atom stereocenters. The van der Waals surface area contributed by atoms with Crippen LogP contribution >= 0.6 is 0 Å². The van der Waals surface area contributed by atoms with Gasteiger partial charge >= 0.3 is 11.7 Å². The Morgan fingerprint density at radius 1 is 1.32 bits per heavy atom. The third-order valence-electron chi connectivity index (χ3n) is 3.53. The van der Waals surface area contributed by atoms with E-state index in [4.69, 9.17) is 4.74 Å².